The number of thiophene rings is 1. The minimum Gasteiger partial charge on any atom is -0.327 e. The highest BCUT2D eigenvalue weighted by atomic mass is 32.1. The van der Waals surface area contributed by atoms with E-state index in [4.69, 9.17) is 5.73 Å². The van der Waals surface area contributed by atoms with E-state index < -0.39 is 0 Å². The fraction of sp³-hybridized carbons (Fsp3) is 0.667. The Morgan fingerprint density at radius 3 is 2.87 bits per heavy atom. The summed E-state index contributed by atoms with van der Waals surface area (Å²) >= 11 is 1.86. The summed E-state index contributed by atoms with van der Waals surface area (Å²) in [5.41, 5.74) is 6.12. The van der Waals surface area contributed by atoms with Gasteiger partial charge in [-0.05, 0) is 31.7 Å². The van der Waals surface area contributed by atoms with Crippen LogP contribution in [0.25, 0.3) is 0 Å². The minimum absolute atomic E-state index is 0.341. The molecule has 0 aliphatic carbocycles. The first-order valence-corrected chi connectivity index (χ1v) is 6.58. The molecule has 0 radical (unpaired) electrons. The van der Waals surface area contributed by atoms with Gasteiger partial charge in [-0.1, -0.05) is 6.07 Å². The highest BCUT2D eigenvalue weighted by molar-refractivity contribution is 7.10. The Morgan fingerprint density at radius 1 is 1.47 bits per heavy atom. The lowest BCUT2D eigenvalue weighted by molar-refractivity contribution is 0.153. The van der Waals surface area contributed by atoms with Gasteiger partial charge < -0.3 is 5.73 Å². The summed E-state index contributed by atoms with van der Waals surface area (Å²) in [6, 6.07) is 5.33. The van der Waals surface area contributed by atoms with Gasteiger partial charge in [-0.15, -0.1) is 11.3 Å². The highest BCUT2D eigenvalue weighted by Crippen LogP contribution is 2.30. The van der Waals surface area contributed by atoms with Crippen LogP contribution in [0.1, 0.15) is 31.1 Å². The van der Waals surface area contributed by atoms with E-state index in [9.17, 15) is 0 Å². The van der Waals surface area contributed by atoms with Crippen LogP contribution < -0.4 is 5.73 Å². The number of rotatable bonds is 2. The largest absolute Gasteiger partial charge is 0.327 e. The number of piperidine rings is 1. The van der Waals surface area contributed by atoms with E-state index in [1.807, 2.05) is 11.3 Å². The Kier molecular flexibility index (Phi) is 3.44. The van der Waals surface area contributed by atoms with Crippen molar-refractivity contribution < 1.29 is 0 Å². The molecule has 1 aromatic rings. The van der Waals surface area contributed by atoms with Crippen molar-refractivity contribution in [2.24, 2.45) is 5.73 Å². The van der Waals surface area contributed by atoms with Crippen molar-refractivity contribution >= 4 is 11.3 Å². The van der Waals surface area contributed by atoms with Crippen LogP contribution in [0, 0.1) is 0 Å². The molecule has 1 aliphatic rings. The van der Waals surface area contributed by atoms with Crippen LogP contribution in [0.15, 0.2) is 17.5 Å². The second-order valence-corrected chi connectivity index (χ2v) is 5.74. The first kappa shape index (κ1) is 11.1. The number of nitrogens with zero attached hydrogens (tertiary/aromatic N) is 1. The van der Waals surface area contributed by atoms with Crippen molar-refractivity contribution in [3.63, 3.8) is 0 Å². The highest BCUT2D eigenvalue weighted by Gasteiger charge is 2.27. The van der Waals surface area contributed by atoms with Crippen molar-refractivity contribution in [3.8, 4) is 0 Å². The van der Waals surface area contributed by atoms with Gasteiger partial charge >= 0.3 is 0 Å². The van der Waals surface area contributed by atoms with E-state index in [1.165, 1.54) is 11.4 Å². The molecule has 1 aromatic heterocycles. The average molecular weight is 224 g/mol. The molecule has 0 aromatic carbocycles. The number of nitrogens with two attached hydrogens (primary N) is 1. The number of likely N-dealkylation sites (tertiary alicyclic amines) is 1. The standard InChI is InChI=1S/C12H20N2S/c1-9(2)14-7-10(6-11(13)8-14)12-4-3-5-15-12/h3-5,9-11H,6-8,13H2,1-2H3. The Morgan fingerprint density at radius 2 is 2.27 bits per heavy atom. The van der Waals surface area contributed by atoms with Gasteiger partial charge in [0.1, 0.15) is 0 Å². The number of hydrogen-bond acceptors (Lipinski definition) is 3. The minimum atomic E-state index is 0.341. The molecule has 2 heterocycles. The molecule has 0 bridgehead atoms. The molecule has 2 N–H and O–H groups in total. The van der Waals surface area contributed by atoms with Crippen molar-refractivity contribution in [2.45, 2.75) is 38.3 Å². The summed E-state index contributed by atoms with van der Waals surface area (Å²) in [6.45, 7) is 6.73. The molecule has 2 rings (SSSR count). The molecule has 0 amide bonds. The van der Waals surface area contributed by atoms with Gasteiger partial charge in [0.05, 0.1) is 0 Å². The van der Waals surface area contributed by atoms with Gasteiger partial charge in [0.25, 0.3) is 0 Å². The second-order valence-electron chi connectivity index (χ2n) is 4.76. The van der Waals surface area contributed by atoms with Gasteiger partial charge in [0.2, 0.25) is 0 Å². The molecule has 15 heavy (non-hydrogen) atoms. The smallest absolute Gasteiger partial charge is 0.0174 e. The molecule has 1 fully saturated rings. The van der Waals surface area contributed by atoms with E-state index in [0.717, 1.165) is 13.0 Å². The van der Waals surface area contributed by atoms with Crippen LogP contribution in [0.3, 0.4) is 0 Å². The third kappa shape index (κ3) is 2.60. The molecule has 1 aliphatic heterocycles. The quantitative estimate of drug-likeness (QED) is 0.835. The third-order valence-electron chi connectivity index (χ3n) is 3.19. The van der Waals surface area contributed by atoms with Crippen LogP contribution in [0.2, 0.25) is 0 Å². The second kappa shape index (κ2) is 4.64. The van der Waals surface area contributed by atoms with Crippen molar-refractivity contribution in [3.05, 3.63) is 22.4 Å². The summed E-state index contributed by atoms with van der Waals surface area (Å²) in [5.74, 6) is 0.649. The average Bonchev–Trinajstić information content (AvgIpc) is 2.69. The zero-order chi connectivity index (χ0) is 10.8. The van der Waals surface area contributed by atoms with Crippen LogP contribution in [0.4, 0.5) is 0 Å². The summed E-state index contributed by atoms with van der Waals surface area (Å²) in [6.07, 6.45) is 1.14. The maximum absolute atomic E-state index is 6.12. The summed E-state index contributed by atoms with van der Waals surface area (Å²) in [5, 5.41) is 2.16. The molecule has 0 saturated carbocycles. The van der Waals surface area contributed by atoms with Crippen LogP contribution in [0.5, 0.6) is 0 Å². The first-order chi connectivity index (χ1) is 7.16. The summed E-state index contributed by atoms with van der Waals surface area (Å²) < 4.78 is 0. The number of hydrogen-bond donors (Lipinski definition) is 1. The molecular formula is C12H20N2S. The fourth-order valence-corrected chi connectivity index (χ4v) is 3.16. The zero-order valence-electron chi connectivity index (χ0n) is 9.52. The van der Waals surface area contributed by atoms with Crippen LogP contribution >= 0.6 is 11.3 Å². The lowest BCUT2D eigenvalue weighted by Gasteiger charge is -2.38. The predicted molar refractivity (Wildman–Crippen MR) is 66.4 cm³/mol. The SMILES string of the molecule is CC(C)N1CC(N)CC(c2cccs2)C1. The van der Waals surface area contributed by atoms with Crippen molar-refractivity contribution in [1.82, 2.24) is 4.90 Å². The molecule has 3 heteroatoms. The Balaban J connectivity index is 2.07. The molecule has 2 nitrogen and oxygen atoms in total. The van der Waals surface area contributed by atoms with E-state index in [0.29, 0.717) is 18.0 Å². The Labute approximate surface area is 96.1 Å². The molecule has 2 atom stereocenters. The molecular weight excluding hydrogens is 204 g/mol. The van der Waals surface area contributed by atoms with E-state index in [1.54, 1.807) is 0 Å². The Bertz CT molecular complexity index is 295. The first-order valence-electron chi connectivity index (χ1n) is 5.70. The predicted octanol–water partition coefficient (Wildman–Crippen LogP) is 2.27. The van der Waals surface area contributed by atoms with Gasteiger partial charge in [0.15, 0.2) is 0 Å². The van der Waals surface area contributed by atoms with Gasteiger partial charge in [-0.3, -0.25) is 4.90 Å². The van der Waals surface area contributed by atoms with E-state index in [-0.39, 0.29) is 0 Å². The van der Waals surface area contributed by atoms with Crippen molar-refractivity contribution in [1.29, 1.82) is 0 Å². The summed E-state index contributed by atoms with van der Waals surface area (Å²) in [7, 11) is 0. The monoisotopic (exact) mass is 224 g/mol. The maximum Gasteiger partial charge on any atom is 0.0174 e. The summed E-state index contributed by atoms with van der Waals surface area (Å²) in [4.78, 5) is 3.99. The lowest BCUT2D eigenvalue weighted by atomic mass is 9.92. The Hall–Kier alpha value is -0.380. The van der Waals surface area contributed by atoms with Crippen molar-refractivity contribution in [2.75, 3.05) is 13.1 Å². The van der Waals surface area contributed by atoms with Gasteiger partial charge in [-0.2, -0.15) is 0 Å². The topological polar surface area (TPSA) is 29.3 Å². The zero-order valence-corrected chi connectivity index (χ0v) is 10.3. The fourth-order valence-electron chi connectivity index (χ4n) is 2.32. The van der Waals surface area contributed by atoms with E-state index >= 15 is 0 Å². The van der Waals surface area contributed by atoms with Crippen LogP contribution in [-0.4, -0.2) is 30.1 Å². The van der Waals surface area contributed by atoms with Crippen LogP contribution in [-0.2, 0) is 0 Å². The third-order valence-corrected chi connectivity index (χ3v) is 4.22. The maximum atomic E-state index is 6.12. The molecule has 1 saturated heterocycles. The van der Waals surface area contributed by atoms with E-state index in [2.05, 4.69) is 36.3 Å². The van der Waals surface area contributed by atoms with Gasteiger partial charge in [-0.25, -0.2) is 0 Å². The lowest BCUT2D eigenvalue weighted by Crippen LogP contribution is -2.48. The molecule has 0 spiro atoms. The molecule has 2 unspecified atom stereocenters. The molecule has 84 valence electrons. The van der Waals surface area contributed by atoms with Gasteiger partial charge in [0, 0.05) is 36.0 Å². The normalized spacial score (nSPS) is 28.5.